The van der Waals surface area contributed by atoms with Crippen LogP contribution in [0.4, 0.5) is 0 Å². The molecular weight excluding hydrogens is 260 g/mol. The molecule has 0 atom stereocenters. The summed E-state index contributed by atoms with van der Waals surface area (Å²) in [6.07, 6.45) is 3.43. The lowest BCUT2D eigenvalue weighted by molar-refractivity contribution is 0.247. The summed E-state index contributed by atoms with van der Waals surface area (Å²) >= 11 is 0. The van der Waals surface area contributed by atoms with E-state index in [0.717, 1.165) is 25.7 Å². The third-order valence-corrected chi connectivity index (χ3v) is 4.70. The number of rotatable bonds is 6. The van der Waals surface area contributed by atoms with Gasteiger partial charge in [-0.15, -0.1) is 0 Å². The van der Waals surface area contributed by atoms with Crippen molar-refractivity contribution < 1.29 is 10.2 Å². The summed E-state index contributed by atoms with van der Waals surface area (Å²) in [6, 6.07) is 17.2. The molecular formula is C19H22O2. The molecule has 1 aliphatic rings. The Morgan fingerprint density at radius 3 is 1.52 bits per heavy atom. The summed E-state index contributed by atoms with van der Waals surface area (Å²) in [5.41, 5.74) is 5.27. The van der Waals surface area contributed by atoms with E-state index in [-0.39, 0.29) is 18.6 Å². The Hall–Kier alpha value is -1.64. The van der Waals surface area contributed by atoms with Gasteiger partial charge >= 0.3 is 0 Å². The Morgan fingerprint density at radius 1 is 0.667 bits per heavy atom. The van der Waals surface area contributed by atoms with Crippen LogP contribution in [0.2, 0.25) is 0 Å². The maximum atomic E-state index is 9.31. The number of aliphatic hydroxyl groups is 2. The number of hydrogen-bond donors (Lipinski definition) is 2. The van der Waals surface area contributed by atoms with E-state index < -0.39 is 0 Å². The molecule has 0 aliphatic heterocycles. The van der Waals surface area contributed by atoms with Crippen LogP contribution in [0.1, 0.15) is 36.8 Å². The fourth-order valence-corrected chi connectivity index (χ4v) is 3.84. The molecule has 2 heteroatoms. The monoisotopic (exact) mass is 282 g/mol. The molecule has 2 N–H and O–H groups in total. The van der Waals surface area contributed by atoms with Gasteiger partial charge in [-0.2, -0.15) is 0 Å². The van der Waals surface area contributed by atoms with Gasteiger partial charge in [0.2, 0.25) is 0 Å². The molecule has 0 amide bonds. The van der Waals surface area contributed by atoms with Crippen LogP contribution in [0, 0.1) is 0 Å². The molecule has 0 unspecified atom stereocenters. The van der Waals surface area contributed by atoms with Crippen LogP contribution >= 0.6 is 0 Å². The zero-order chi connectivity index (χ0) is 14.7. The smallest absolute Gasteiger partial charge is 0.0431 e. The van der Waals surface area contributed by atoms with E-state index in [4.69, 9.17) is 0 Å². The van der Waals surface area contributed by atoms with Crippen molar-refractivity contribution in [1.29, 1.82) is 0 Å². The van der Waals surface area contributed by atoms with Crippen LogP contribution in [0.15, 0.2) is 48.5 Å². The molecule has 0 heterocycles. The van der Waals surface area contributed by atoms with Crippen LogP contribution in [0.25, 0.3) is 11.1 Å². The Labute approximate surface area is 126 Å². The predicted octanol–water partition coefficient (Wildman–Crippen LogP) is 3.50. The van der Waals surface area contributed by atoms with E-state index in [0.29, 0.717) is 0 Å². The highest BCUT2D eigenvalue weighted by molar-refractivity contribution is 5.80. The zero-order valence-electron chi connectivity index (χ0n) is 12.3. The van der Waals surface area contributed by atoms with E-state index in [1.807, 2.05) is 0 Å². The van der Waals surface area contributed by atoms with Gasteiger partial charge in [0.15, 0.2) is 0 Å². The highest BCUT2D eigenvalue weighted by Gasteiger charge is 2.41. The summed E-state index contributed by atoms with van der Waals surface area (Å²) in [7, 11) is 0. The van der Waals surface area contributed by atoms with E-state index in [1.165, 1.54) is 22.3 Å². The van der Waals surface area contributed by atoms with Gasteiger partial charge in [0.1, 0.15) is 0 Å². The lowest BCUT2D eigenvalue weighted by Gasteiger charge is -2.32. The molecule has 110 valence electrons. The van der Waals surface area contributed by atoms with E-state index in [9.17, 15) is 10.2 Å². The number of aliphatic hydroxyl groups excluding tert-OH is 2. The summed E-state index contributed by atoms with van der Waals surface area (Å²) in [5.74, 6) is 0. The molecule has 0 radical (unpaired) electrons. The molecule has 0 saturated carbocycles. The molecule has 3 rings (SSSR count). The maximum absolute atomic E-state index is 9.31. The largest absolute Gasteiger partial charge is 0.396 e. The van der Waals surface area contributed by atoms with Crippen molar-refractivity contribution in [3.05, 3.63) is 59.7 Å². The van der Waals surface area contributed by atoms with E-state index in [1.54, 1.807) is 0 Å². The minimum absolute atomic E-state index is 0.0569. The molecule has 0 aromatic heterocycles. The van der Waals surface area contributed by atoms with Crippen molar-refractivity contribution in [3.8, 4) is 11.1 Å². The van der Waals surface area contributed by atoms with Crippen LogP contribution in [0.3, 0.4) is 0 Å². The Balaban J connectivity index is 2.16. The van der Waals surface area contributed by atoms with E-state index >= 15 is 0 Å². The van der Waals surface area contributed by atoms with Gasteiger partial charge in [0, 0.05) is 18.6 Å². The second kappa shape index (κ2) is 6.00. The molecule has 0 saturated heterocycles. The van der Waals surface area contributed by atoms with Crippen molar-refractivity contribution >= 4 is 0 Å². The number of hydrogen-bond acceptors (Lipinski definition) is 2. The third-order valence-electron chi connectivity index (χ3n) is 4.70. The Bertz CT molecular complexity index is 563. The summed E-state index contributed by atoms with van der Waals surface area (Å²) < 4.78 is 0. The van der Waals surface area contributed by atoms with Gasteiger partial charge in [0.05, 0.1) is 0 Å². The fraction of sp³-hybridized carbons (Fsp3) is 0.368. The summed E-state index contributed by atoms with van der Waals surface area (Å²) in [4.78, 5) is 0. The van der Waals surface area contributed by atoms with Crippen LogP contribution in [0.5, 0.6) is 0 Å². The summed E-state index contributed by atoms with van der Waals surface area (Å²) in [5, 5.41) is 18.6. The lowest BCUT2D eigenvalue weighted by Crippen LogP contribution is -2.26. The highest BCUT2D eigenvalue weighted by Crippen LogP contribution is 2.53. The van der Waals surface area contributed by atoms with Crippen LogP contribution in [-0.4, -0.2) is 23.4 Å². The van der Waals surface area contributed by atoms with Gasteiger partial charge in [0.25, 0.3) is 0 Å². The van der Waals surface area contributed by atoms with Gasteiger partial charge < -0.3 is 10.2 Å². The average molecular weight is 282 g/mol. The second-order valence-corrected chi connectivity index (χ2v) is 5.83. The Morgan fingerprint density at radius 2 is 1.10 bits per heavy atom. The van der Waals surface area contributed by atoms with Crippen LogP contribution in [-0.2, 0) is 5.41 Å². The predicted molar refractivity (Wildman–Crippen MR) is 85.3 cm³/mol. The molecule has 2 aromatic carbocycles. The second-order valence-electron chi connectivity index (χ2n) is 5.83. The van der Waals surface area contributed by atoms with Crippen molar-refractivity contribution in [2.24, 2.45) is 0 Å². The maximum Gasteiger partial charge on any atom is 0.0431 e. The Kier molecular flexibility index (Phi) is 4.09. The standard InChI is InChI=1S/C19H22O2/c20-13-5-11-19(12-6-14-21)17-9-3-1-7-15(17)16-8-2-4-10-18(16)19/h1-4,7-10,20-21H,5-6,11-14H2. The van der Waals surface area contributed by atoms with Gasteiger partial charge in [-0.25, -0.2) is 0 Å². The molecule has 2 aromatic rings. The molecule has 21 heavy (non-hydrogen) atoms. The summed E-state index contributed by atoms with van der Waals surface area (Å²) in [6.45, 7) is 0.427. The van der Waals surface area contributed by atoms with Crippen molar-refractivity contribution in [2.45, 2.75) is 31.1 Å². The minimum Gasteiger partial charge on any atom is -0.396 e. The minimum atomic E-state index is -0.0569. The molecule has 1 aliphatic carbocycles. The first kappa shape index (κ1) is 14.3. The molecule has 2 nitrogen and oxygen atoms in total. The molecule has 0 fully saturated rings. The van der Waals surface area contributed by atoms with Crippen LogP contribution < -0.4 is 0 Å². The fourth-order valence-electron chi connectivity index (χ4n) is 3.84. The quantitative estimate of drug-likeness (QED) is 0.851. The van der Waals surface area contributed by atoms with Gasteiger partial charge in [-0.3, -0.25) is 0 Å². The average Bonchev–Trinajstić information content (AvgIpc) is 2.82. The first-order chi connectivity index (χ1) is 10.3. The molecule has 0 bridgehead atoms. The first-order valence-electron chi connectivity index (χ1n) is 7.74. The number of fused-ring (bicyclic) bond motifs is 3. The van der Waals surface area contributed by atoms with Gasteiger partial charge in [-0.05, 0) is 47.9 Å². The topological polar surface area (TPSA) is 40.5 Å². The van der Waals surface area contributed by atoms with Crippen molar-refractivity contribution in [2.75, 3.05) is 13.2 Å². The molecule has 0 spiro atoms. The van der Waals surface area contributed by atoms with Gasteiger partial charge in [-0.1, -0.05) is 48.5 Å². The lowest BCUT2D eigenvalue weighted by atomic mass is 9.71. The van der Waals surface area contributed by atoms with E-state index in [2.05, 4.69) is 48.5 Å². The normalized spacial score (nSPS) is 14.8. The SMILES string of the molecule is OCCCC1(CCCO)c2ccccc2-c2ccccc21. The first-order valence-corrected chi connectivity index (χ1v) is 7.74. The third kappa shape index (κ3) is 2.29. The highest BCUT2D eigenvalue weighted by atomic mass is 16.3. The van der Waals surface area contributed by atoms with Crippen molar-refractivity contribution in [1.82, 2.24) is 0 Å². The number of benzene rings is 2. The van der Waals surface area contributed by atoms with Crippen molar-refractivity contribution in [3.63, 3.8) is 0 Å². The zero-order valence-corrected chi connectivity index (χ0v) is 12.3.